The summed E-state index contributed by atoms with van der Waals surface area (Å²) in [7, 11) is 0. The molecule has 2 rings (SSSR count). The summed E-state index contributed by atoms with van der Waals surface area (Å²) in [5, 5.41) is 3.39. The van der Waals surface area contributed by atoms with Gasteiger partial charge in [0.2, 0.25) is 0 Å². The van der Waals surface area contributed by atoms with Gasteiger partial charge in [-0.1, -0.05) is 17.7 Å². The quantitative estimate of drug-likeness (QED) is 0.843. The highest BCUT2D eigenvalue weighted by molar-refractivity contribution is 9.10. The molecule has 0 saturated carbocycles. The highest BCUT2D eigenvalue weighted by Crippen LogP contribution is 2.28. The van der Waals surface area contributed by atoms with Crippen molar-refractivity contribution in [2.45, 2.75) is 26.8 Å². The molecule has 0 saturated heterocycles. The van der Waals surface area contributed by atoms with Crippen molar-refractivity contribution in [1.82, 2.24) is 0 Å². The van der Waals surface area contributed by atoms with Crippen molar-refractivity contribution < 1.29 is 4.39 Å². The number of nitrogens with one attached hydrogen (secondary N) is 1. The third-order valence-electron chi connectivity index (χ3n) is 3.58. The molecular weight excluding hydrogens is 331 g/mol. The first-order chi connectivity index (χ1) is 9.92. The van der Waals surface area contributed by atoms with Gasteiger partial charge in [-0.2, -0.15) is 0 Å². The number of hydrogen-bond donors (Lipinski definition) is 2. The Morgan fingerprint density at radius 2 is 1.76 bits per heavy atom. The van der Waals surface area contributed by atoms with Gasteiger partial charge in [0.25, 0.3) is 0 Å². The van der Waals surface area contributed by atoms with E-state index >= 15 is 0 Å². The summed E-state index contributed by atoms with van der Waals surface area (Å²) in [6.45, 7) is 6.76. The SMILES string of the molecule is Cc1cc(C)c(C(CN)Nc2ccc(F)c(Br)c2)c(C)c1. The molecule has 2 aromatic rings. The molecule has 0 spiro atoms. The molecule has 0 amide bonds. The van der Waals surface area contributed by atoms with Crippen LogP contribution in [-0.4, -0.2) is 6.54 Å². The highest BCUT2D eigenvalue weighted by atomic mass is 79.9. The Labute approximate surface area is 133 Å². The molecule has 0 aromatic heterocycles. The van der Waals surface area contributed by atoms with Crippen molar-refractivity contribution in [2.75, 3.05) is 11.9 Å². The predicted octanol–water partition coefficient (Wildman–Crippen LogP) is 4.63. The summed E-state index contributed by atoms with van der Waals surface area (Å²) in [5.41, 5.74) is 11.7. The van der Waals surface area contributed by atoms with Crippen molar-refractivity contribution in [1.29, 1.82) is 0 Å². The number of hydrogen-bond acceptors (Lipinski definition) is 2. The molecule has 0 aliphatic carbocycles. The number of aryl methyl sites for hydroxylation is 3. The van der Waals surface area contributed by atoms with Crippen LogP contribution in [0.5, 0.6) is 0 Å². The van der Waals surface area contributed by atoms with Crippen LogP contribution in [-0.2, 0) is 0 Å². The van der Waals surface area contributed by atoms with Crippen LogP contribution in [0.25, 0.3) is 0 Å². The average molecular weight is 351 g/mol. The van der Waals surface area contributed by atoms with Gasteiger partial charge in [0, 0.05) is 12.2 Å². The number of halogens is 2. The lowest BCUT2D eigenvalue weighted by Crippen LogP contribution is -2.22. The molecule has 4 heteroatoms. The predicted molar refractivity (Wildman–Crippen MR) is 90.2 cm³/mol. The lowest BCUT2D eigenvalue weighted by molar-refractivity contribution is 0.621. The Morgan fingerprint density at radius 3 is 2.29 bits per heavy atom. The van der Waals surface area contributed by atoms with E-state index in [9.17, 15) is 4.39 Å². The molecule has 0 fully saturated rings. The zero-order valence-electron chi connectivity index (χ0n) is 12.5. The summed E-state index contributed by atoms with van der Waals surface area (Å²) in [4.78, 5) is 0. The molecule has 3 N–H and O–H groups in total. The van der Waals surface area contributed by atoms with Crippen LogP contribution in [0.15, 0.2) is 34.8 Å². The number of anilines is 1. The molecular formula is C17H20BrFN2. The summed E-state index contributed by atoms with van der Waals surface area (Å²) >= 11 is 3.21. The Hall–Kier alpha value is -1.39. The average Bonchev–Trinajstić information content (AvgIpc) is 2.40. The van der Waals surface area contributed by atoms with E-state index in [4.69, 9.17) is 5.73 Å². The zero-order valence-corrected chi connectivity index (χ0v) is 14.1. The third-order valence-corrected chi connectivity index (χ3v) is 4.19. The lowest BCUT2D eigenvalue weighted by atomic mass is 9.94. The van der Waals surface area contributed by atoms with Crippen molar-refractivity contribution in [3.63, 3.8) is 0 Å². The van der Waals surface area contributed by atoms with Gasteiger partial charge in [-0.05, 0) is 71.6 Å². The summed E-state index contributed by atoms with van der Waals surface area (Å²) in [5.74, 6) is -0.271. The minimum atomic E-state index is -0.271. The van der Waals surface area contributed by atoms with Crippen LogP contribution in [0.3, 0.4) is 0 Å². The molecule has 1 atom stereocenters. The maximum Gasteiger partial charge on any atom is 0.137 e. The second-order valence-corrected chi connectivity index (χ2v) is 6.23. The summed E-state index contributed by atoms with van der Waals surface area (Å²) in [6, 6.07) is 9.22. The largest absolute Gasteiger partial charge is 0.377 e. The van der Waals surface area contributed by atoms with E-state index < -0.39 is 0 Å². The molecule has 0 heterocycles. The lowest BCUT2D eigenvalue weighted by Gasteiger charge is -2.23. The highest BCUT2D eigenvalue weighted by Gasteiger charge is 2.15. The first kappa shape index (κ1) is 16.0. The van der Waals surface area contributed by atoms with Crippen LogP contribution in [0.4, 0.5) is 10.1 Å². The topological polar surface area (TPSA) is 38.0 Å². The van der Waals surface area contributed by atoms with Gasteiger partial charge < -0.3 is 11.1 Å². The molecule has 112 valence electrons. The minimum absolute atomic E-state index is 0.00274. The van der Waals surface area contributed by atoms with Crippen molar-refractivity contribution in [2.24, 2.45) is 5.73 Å². The normalized spacial score (nSPS) is 12.3. The van der Waals surface area contributed by atoms with E-state index in [-0.39, 0.29) is 11.9 Å². The Morgan fingerprint density at radius 1 is 1.14 bits per heavy atom. The van der Waals surface area contributed by atoms with Gasteiger partial charge in [-0.25, -0.2) is 4.39 Å². The van der Waals surface area contributed by atoms with E-state index in [0.717, 1.165) is 5.69 Å². The van der Waals surface area contributed by atoms with Crippen LogP contribution >= 0.6 is 15.9 Å². The van der Waals surface area contributed by atoms with E-state index in [1.807, 2.05) is 0 Å². The maximum absolute atomic E-state index is 13.3. The smallest absolute Gasteiger partial charge is 0.137 e. The number of rotatable bonds is 4. The Bertz CT molecular complexity index is 632. The molecule has 0 aliphatic heterocycles. The molecule has 2 aromatic carbocycles. The standard InChI is InChI=1S/C17H20BrFN2/c1-10-6-11(2)17(12(3)7-10)16(9-20)21-13-4-5-15(19)14(18)8-13/h4-8,16,21H,9,20H2,1-3H3. The molecule has 0 bridgehead atoms. The van der Waals surface area contributed by atoms with E-state index in [1.54, 1.807) is 12.1 Å². The van der Waals surface area contributed by atoms with Crippen molar-refractivity contribution in [3.05, 3.63) is 62.9 Å². The molecule has 21 heavy (non-hydrogen) atoms. The number of nitrogens with two attached hydrogens (primary N) is 1. The number of benzene rings is 2. The van der Waals surface area contributed by atoms with Crippen LogP contribution in [0.1, 0.15) is 28.3 Å². The molecule has 1 unspecified atom stereocenters. The van der Waals surface area contributed by atoms with Crippen LogP contribution < -0.4 is 11.1 Å². The third kappa shape index (κ3) is 3.63. The first-order valence-corrected chi connectivity index (χ1v) is 7.71. The fraction of sp³-hybridized carbons (Fsp3) is 0.294. The second-order valence-electron chi connectivity index (χ2n) is 5.37. The van der Waals surface area contributed by atoms with Gasteiger partial charge in [-0.3, -0.25) is 0 Å². The molecule has 0 aliphatic rings. The maximum atomic E-state index is 13.3. The van der Waals surface area contributed by atoms with Crippen molar-refractivity contribution >= 4 is 21.6 Å². The fourth-order valence-corrected chi connectivity index (χ4v) is 3.16. The fourth-order valence-electron chi connectivity index (χ4n) is 2.78. The van der Waals surface area contributed by atoms with Gasteiger partial charge >= 0.3 is 0 Å². The van der Waals surface area contributed by atoms with Gasteiger partial charge in [0.1, 0.15) is 5.82 Å². The van der Waals surface area contributed by atoms with Gasteiger partial charge in [0.15, 0.2) is 0 Å². The van der Waals surface area contributed by atoms with Crippen molar-refractivity contribution in [3.8, 4) is 0 Å². The van der Waals surface area contributed by atoms with Crippen LogP contribution in [0.2, 0.25) is 0 Å². The van der Waals surface area contributed by atoms with Gasteiger partial charge in [0.05, 0.1) is 10.5 Å². The molecule has 2 nitrogen and oxygen atoms in total. The minimum Gasteiger partial charge on any atom is -0.377 e. The Kier molecular flexibility index (Phi) is 5.01. The first-order valence-electron chi connectivity index (χ1n) is 6.91. The zero-order chi connectivity index (χ0) is 15.6. The monoisotopic (exact) mass is 350 g/mol. The van der Waals surface area contributed by atoms with E-state index in [2.05, 4.69) is 54.2 Å². The summed E-state index contributed by atoms with van der Waals surface area (Å²) in [6.07, 6.45) is 0. The van der Waals surface area contributed by atoms with E-state index in [0.29, 0.717) is 11.0 Å². The Balaban J connectivity index is 2.34. The van der Waals surface area contributed by atoms with E-state index in [1.165, 1.54) is 28.3 Å². The van der Waals surface area contributed by atoms with Crippen LogP contribution in [0, 0.1) is 26.6 Å². The molecule has 0 radical (unpaired) electrons. The summed E-state index contributed by atoms with van der Waals surface area (Å²) < 4.78 is 13.8. The van der Waals surface area contributed by atoms with Gasteiger partial charge in [-0.15, -0.1) is 0 Å². The second kappa shape index (κ2) is 6.58.